The molecule has 0 heterocycles. The molecule has 1 aliphatic rings. The Kier molecular flexibility index (Phi) is 4.18. The SMILES string of the molecule is C1#C\C=C/C=C\C=C\C=C/C=C\1. The molecule has 58 valence electrons. The van der Waals surface area contributed by atoms with Gasteiger partial charge in [-0.15, -0.1) is 0 Å². The van der Waals surface area contributed by atoms with Crippen molar-refractivity contribution in [3.8, 4) is 11.8 Å². The van der Waals surface area contributed by atoms with Gasteiger partial charge in [0.05, 0.1) is 0 Å². The van der Waals surface area contributed by atoms with Crippen LogP contribution in [0.2, 0.25) is 0 Å². The molecule has 0 radical (unpaired) electrons. The van der Waals surface area contributed by atoms with Gasteiger partial charge < -0.3 is 0 Å². The lowest BCUT2D eigenvalue weighted by molar-refractivity contribution is 1.85. The molecule has 0 saturated carbocycles. The van der Waals surface area contributed by atoms with Crippen molar-refractivity contribution in [2.45, 2.75) is 0 Å². The average molecular weight is 154 g/mol. The Balaban J connectivity index is 2.73. The third kappa shape index (κ3) is 4.14. The summed E-state index contributed by atoms with van der Waals surface area (Å²) in [6, 6.07) is 0. The van der Waals surface area contributed by atoms with E-state index in [1.165, 1.54) is 0 Å². The van der Waals surface area contributed by atoms with E-state index in [0.29, 0.717) is 0 Å². The van der Waals surface area contributed by atoms with Crippen molar-refractivity contribution in [2.75, 3.05) is 0 Å². The normalized spacial score (nSPS) is 28.0. The van der Waals surface area contributed by atoms with Gasteiger partial charge in [0.15, 0.2) is 0 Å². The summed E-state index contributed by atoms with van der Waals surface area (Å²) in [4.78, 5) is 0. The molecule has 1 aliphatic carbocycles. The molecule has 0 heteroatoms. The van der Waals surface area contributed by atoms with Gasteiger partial charge >= 0.3 is 0 Å². The van der Waals surface area contributed by atoms with Gasteiger partial charge in [-0.05, 0) is 12.2 Å². The minimum Gasteiger partial charge on any atom is -0.0702 e. The number of allylic oxidation sites excluding steroid dienone is 10. The van der Waals surface area contributed by atoms with Gasteiger partial charge in [0.1, 0.15) is 0 Å². The highest BCUT2D eigenvalue weighted by atomic mass is 13.7. The molecule has 0 bridgehead atoms. The molecule has 0 aromatic carbocycles. The molecule has 0 fully saturated rings. The first-order valence-electron chi connectivity index (χ1n) is 3.83. The predicted octanol–water partition coefficient (Wildman–Crippen LogP) is 2.78. The van der Waals surface area contributed by atoms with E-state index in [4.69, 9.17) is 0 Å². The molecule has 0 aromatic rings. The molecule has 0 unspecified atom stereocenters. The molecule has 0 saturated heterocycles. The van der Waals surface area contributed by atoms with Crippen LogP contribution in [0.3, 0.4) is 0 Å². The van der Waals surface area contributed by atoms with Crippen molar-refractivity contribution in [2.24, 2.45) is 0 Å². The van der Waals surface area contributed by atoms with Crippen molar-refractivity contribution in [3.05, 3.63) is 60.8 Å². The summed E-state index contributed by atoms with van der Waals surface area (Å²) >= 11 is 0. The Morgan fingerprint density at radius 2 is 0.750 bits per heavy atom. The zero-order valence-corrected chi connectivity index (χ0v) is 6.77. The van der Waals surface area contributed by atoms with Crippen LogP contribution >= 0.6 is 0 Å². The Morgan fingerprint density at radius 1 is 0.417 bits per heavy atom. The first kappa shape index (κ1) is 8.36. The molecular weight excluding hydrogens is 144 g/mol. The number of hydrogen-bond acceptors (Lipinski definition) is 0. The molecule has 0 N–H and O–H groups in total. The zero-order chi connectivity index (χ0) is 8.49. The molecule has 12 heavy (non-hydrogen) atoms. The fourth-order valence-electron chi connectivity index (χ4n) is 0.688. The van der Waals surface area contributed by atoms with E-state index in [1.807, 2.05) is 60.8 Å². The monoisotopic (exact) mass is 154 g/mol. The van der Waals surface area contributed by atoms with E-state index in [2.05, 4.69) is 11.8 Å². The minimum atomic E-state index is 1.82. The van der Waals surface area contributed by atoms with Crippen LogP contribution in [-0.2, 0) is 0 Å². The molecule has 0 aromatic heterocycles. The Bertz CT molecular complexity index is 282. The maximum Gasteiger partial charge on any atom is -0.0115 e. The second-order valence-corrected chi connectivity index (χ2v) is 2.16. The summed E-state index contributed by atoms with van der Waals surface area (Å²) in [6.45, 7) is 0. The summed E-state index contributed by atoms with van der Waals surface area (Å²) in [7, 11) is 0. The largest absolute Gasteiger partial charge is 0.0702 e. The second-order valence-electron chi connectivity index (χ2n) is 2.16. The van der Waals surface area contributed by atoms with Crippen molar-refractivity contribution in [1.29, 1.82) is 0 Å². The lowest BCUT2D eigenvalue weighted by atomic mass is 10.3. The first-order valence-corrected chi connectivity index (χ1v) is 3.83. The van der Waals surface area contributed by atoms with Gasteiger partial charge in [0.2, 0.25) is 0 Å². The highest BCUT2D eigenvalue weighted by molar-refractivity contribution is 5.29. The third-order valence-electron chi connectivity index (χ3n) is 1.22. The van der Waals surface area contributed by atoms with Crippen molar-refractivity contribution >= 4 is 0 Å². The van der Waals surface area contributed by atoms with Gasteiger partial charge in [-0.1, -0.05) is 60.4 Å². The number of rotatable bonds is 0. The summed E-state index contributed by atoms with van der Waals surface area (Å²) in [6.07, 6.45) is 19.2. The van der Waals surface area contributed by atoms with Gasteiger partial charge in [-0.2, -0.15) is 0 Å². The third-order valence-corrected chi connectivity index (χ3v) is 1.22. The smallest absolute Gasteiger partial charge is 0.0115 e. The Hall–Kier alpha value is -1.74. The first-order chi connectivity index (χ1) is 6.00. The van der Waals surface area contributed by atoms with Crippen molar-refractivity contribution in [1.82, 2.24) is 0 Å². The maximum atomic E-state index is 2.88. The van der Waals surface area contributed by atoms with Crippen LogP contribution in [0, 0.1) is 11.8 Å². The van der Waals surface area contributed by atoms with Crippen LogP contribution in [0.15, 0.2) is 60.8 Å². The lowest BCUT2D eigenvalue weighted by Gasteiger charge is -1.74. The summed E-state index contributed by atoms with van der Waals surface area (Å²) in [5.41, 5.74) is 0. The fourth-order valence-corrected chi connectivity index (χ4v) is 0.688. The summed E-state index contributed by atoms with van der Waals surface area (Å²) in [5, 5.41) is 0. The van der Waals surface area contributed by atoms with E-state index < -0.39 is 0 Å². The highest BCUT2D eigenvalue weighted by Crippen LogP contribution is 1.84. The van der Waals surface area contributed by atoms with E-state index in [-0.39, 0.29) is 0 Å². The summed E-state index contributed by atoms with van der Waals surface area (Å²) in [5.74, 6) is 5.75. The van der Waals surface area contributed by atoms with Crippen LogP contribution in [0.25, 0.3) is 0 Å². The zero-order valence-electron chi connectivity index (χ0n) is 6.77. The van der Waals surface area contributed by atoms with Crippen molar-refractivity contribution in [3.63, 3.8) is 0 Å². The van der Waals surface area contributed by atoms with Crippen molar-refractivity contribution < 1.29 is 0 Å². The summed E-state index contributed by atoms with van der Waals surface area (Å²) < 4.78 is 0. The quantitative estimate of drug-likeness (QED) is 0.471. The fraction of sp³-hybridized carbons (Fsp3) is 0. The lowest BCUT2D eigenvalue weighted by Crippen LogP contribution is -1.56. The molecule has 1 rings (SSSR count). The van der Waals surface area contributed by atoms with Gasteiger partial charge in [0.25, 0.3) is 0 Å². The van der Waals surface area contributed by atoms with E-state index in [0.717, 1.165) is 0 Å². The second kappa shape index (κ2) is 6.00. The molecule has 0 spiro atoms. The maximum absolute atomic E-state index is 2.88. The molecule has 0 atom stereocenters. The Labute approximate surface area is 73.3 Å². The molecule has 0 amide bonds. The topological polar surface area (TPSA) is 0 Å². The Morgan fingerprint density at radius 3 is 1.17 bits per heavy atom. The van der Waals surface area contributed by atoms with Crippen LogP contribution in [-0.4, -0.2) is 0 Å². The predicted molar refractivity (Wildman–Crippen MR) is 53.5 cm³/mol. The van der Waals surface area contributed by atoms with Crippen LogP contribution in [0.5, 0.6) is 0 Å². The molecular formula is C12H10. The van der Waals surface area contributed by atoms with E-state index >= 15 is 0 Å². The molecule has 0 nitrogen and oxygen atoms in total. The van der Waals surface area contributed by atoms with Gasteiger partial charge in [-0.3, -0.25) is 0 Å². The minimum absolute atomic E-state index is 1.82. The molecule has 0 aliphatic heterocycles. The average Bonchev–Trinajstić information content (AvgIpc) is 2.05. The highest BCUT2D eigenvalue weighted by Gasteiger charge is 1.64. The van der Waals surface area contributed by atoms with E-state index in [9.17, 15) is 0 Å². The van der Waals surface area contributed by atoms with Crippen LogP contribution in [0.1, 0.15) is 0 Å². The van der Waals surface area contributed by atoms with Gasteiger partial charge in [0, 0.05) is 0 Å². The standard InChI is InChI=1S/C12H10/c1-2-4-6-8-10-12-11-9-7-5-3-1/h1-10H/b2-1+,3-1?,4-2?,5-3-,6-4-,7-5?,8-6?,9-7-,10-8-. The number of hydrogen-bond donors (Lipinski definition) is 0. The van der Waals surface area contributed by atoms with Crippen LogP contribution in [0.4, 0.5) is 0 Å². The van der Waals surface area contributed by atoms with Crippen LogP contribution < -0.4 is 0 Å². The van der Waals surface area contributed by atoms with Gasteiger partial charge in [-0.25, -0.2) is 0 Å². The van der Waals surface area contributed by atoms with E-state index in [1.54, 1.807) is 0 Å².